The van der Waals surface area contributed by atoms with Gasteiger partial charge in [-0.2, -0.15) is 0 Å². The van der Waals surface area contributed by atoms with Crippen molar-refractivity contribution < 1.29 is 5.11 Å². The summed E-state index contributed by atoms with van der Waals surface area (Å²) in [4.78, 5) is 2.35. The van der Waals surface area contributed by atoms with E-state index >= 15 is 0 Å². The van der Waals surface area contributed by atoms with Crippen LogP contribution >= 0.6 is 11.8 Å². The number of hydrogen-bond acceptors (Lipinski definition) is 3. The van der Waals surface area contributed by atoms with Crippen LogP contribution in [-0.4, -0.2) is 12.2 Å². The topological polar surface area (TPSA) is 46.2 Å². The molecule has 3 heteroatoms. The Balaban J connectivity index is 0.000000704. The van der Waals surface area contributed by atoms with E-state index in [0.717, 1.165) is 4.90 Å². The van der Waals surface area contributed by atoms with Gasteiger partial charge in [-0.05, 0) is 74.2 Å². The molecule has 20 heavy (non-hydrogen) atoms. The van der Waals surface area contributed by atoms with E-state index in [1.54, 1.807) is 17.8 Å². The summed E-state index contributed by atoms with van der Waals surface area (Å²) in [7, 11) is 1.50. The largest absolute Gasteiger partial charge is 0.508 e. The summed E-state index contributed by atoms with van der Waals surface area (Å²) < 4.78 is 0. The molecule has 0 fully saturated rings. The lowest BCUT2D eigenvalue weighted by atomic mass is 9.92. The highest BCUT2D eigenvalue weighted by atomic mass is 32.2. The molecule has 2 nitrogen and oxygen atoms in total. The SMILES string of the molecule is CN.Oc1cccc(Sc2ccc3c(c2)CCCC3)c1. The average molecular weight is 287 g/mol. The molecule has 0 spiro atoms. The number of benzene rings is 2. The van der Waals surface area contributed by atoms with Crippen LogP contribution in [0.4, 0.5) is 0 Å². The second kappa shape index (κ2) is 7.36. The van der Waals surface area contributed by atoms with Crippen LogP contribution in [0.15, 0.2) is 52.3 Å². The summed E-state index contributed by atoms with van der Waals surface area (Å²) in [5.74, 6) is 0.331. The molecule has 0 aromatic heterocycles. The zero-order chi connectivity index (χ0) is 14.4. The normalized spacial score (nSPS) is 13.1. The molecule has 2 aromatic carbocycles. The molecule has 0 heterocycles. The second-order valence-electron chi connectivity index (χ2n) is 4.74. The van der Waals surface area contributed by atoms with Crippen LogP contribution in [0.1, 0.15) is 24.0 Å². The van der Waals surface area contributed by atoms with Crippen LogP contribution in [0, 0.1) is 0 Å². The highest BCUT2D eigenvalue weighted by molar-refractivity contribution is 7.99. The molecule has 0 bridgehead atoms. The Morgan fingerprint density at radius 1 is 0.900 bits per heavy atom. The molecular formula is C17H21NOS. The Morgan fingerprint density at radius 3 is 2.35 bits per heavy atom. The lowest BCUT2D eigenvalue weighted by Crippen LogP contribution is -2.01. The van der Waals surface area contributed by atoms with Gasteiger partial charge in [-0.3, -0.25) is 0 Å². The number of phenolic OH excluding ortho intramolecular Hbond substituents is 1. The minimum absolute atomic E-state index is 0.331. The van der Waals surface area contributed by atoms with Crippen LogP contribution in [-0.2, 0) is 12.8 Å². The van der Waals surface area contributed by atoms with Crippen LogP contribution < -0.4 is 5.73 Å². The van der Waals surface area contributed by atoms with Crippen molar-refractivity contribution in [1.82, 2.24) is 0 Å². The van der Waals surface area contributed by atoms with E-state index in [9.17, 15) is 5.11 Å². The van der Waals surface area contributed by atoms with Gasteiger partial charge in [0.05, 0.1) is 0 Å². The molecule has 3 N–H and O–H groups in total. The standard InChI is InChI=1S/C16H16OS.CH5N/c17-14-6-3-7-15(11-14)18-16-9-8-12-4-1-2-5-13(12)10-16;1-2/h3,6-11,17H,1-2,4-5H2;2H2,1H3. The van der Waals surface area contributed by atoms with Crippen molar-refractivity contribution >= 4 is 11.8 Å². The van der Waals surface area contributed by atoms with E-state index in [1.807, 2.05) is 18.2 Å². The summed E-state index contributed by atoms with van der Waals surface area (Å²) >= 11 is 1.71. The van der Waals surface area contributed by atoms with Crippen molar-refractivity contribution in [3.8, 4) is 5.75 Å². The summed E-state index contributed by atoms with van der Waals surface area (Å²) in [5, 5.41) is 9.47. The molecule has 0 saturated carbocycles. The number of rotatable bonds is 2. The van der Waals surface area contributed by atoms with Gasteiger partial charge in [0.15, 0.2) is 0 Å². The van der Waals surface area contributed by atoms with Gasteiger partial charge < -0.3 is 10.8 Å². The zero-order valence-electron chi connectivity index (χ0n) is 11.8. The maximum atomic E-state index is 9.47. The van der Waals surface area contributed by atoms with Gasteiger partial charge in [0.1, 0.15) is 5.75 Å². The van der Waals surface area contributed by atoms with Crippen molar-refractivity contribution in [1.29, 1.82) is 0 Å². The first-order chi connectivity index (χ1) is 9.81. The fraction of sp³-hybridized carbons (Fsp3) is 0.294. The summed E-state index contributed by atoms with van der Waals surface area (Å²) in [6.45, 7) is 0. The number of aryl methyl sites for hydroxylation is 2. The van der Waals surface area contributed by atoms with E-state index in [2.05, 4.69) is 23.9 Å². The predicted octanol–water partition coefficient (Wildman–Crippen LogP) is 4.00. The molecule has 0 saturated heterocycles. The van der Waals surface area contributed by atoms with Crippen LogP contribution in [0.5, 0.6) is 5.75 Å². The average Bonchev–Trinajstić information content (AvgIpc) is 2.49. The Kier molecular flexibility index (Phi) is 5.50. The third-order valence-corrected chi connectivity index (χ3v) is 4.35. The van der Waals surface area contributed by atoms with Crippen molar-refractivity contribution in [3.63, 3.8) is 0 Å². The predicted molar refractivity (Wildman–Crippen MR) is 85.4 cm³/mol. The van der Waals surface area contributed by atoms with Gasteiger partial charge in [-0.25, -0.2) is 0 Å². The van der Waals surface area contributed by atoms with Crippen molar-refractivity contribution in [2.75, 3.05) is 7.05 Å². The molecule has 0 unspecified atom stereocenters. The molecule has 0 radical (unpaired) electrons. The molecule has 0 aliphatic heterocycles. The van der Waals surface area contributed by atoms with Gasteiger partial charge in [-0.1, -0.05) is 23.9 Å². The minimum Gasteiger partial charge on any atom is -0.508 e. The van der Waals surface area contributed by atoms with Crippen LogP contribution in [0.3, 0.4) is 0 Å². The van der Waals surface area contributed by atoms with Gasteiger partial charge >= 0.3 is 0 Å². The first kappa shape index (κ1) is 14.9. The second-order valence-corrected chi connectivity index (χ2v) is 5.88. The molecule has 0 atom stereocenters. The zero-order valence-corrected chi connectivity index (χ0v) is 12.6. The molecule has 106 valence electrons. The monoisotopic (exact) mass is 287 g/mol. The molecule has 0 amide bonds. The molecule has 1 aliphatic carbocycles. The Morgan fingerprint density at radius 2 is 1.60 bits per heavy atom. The Bertz CT molecular complexity index is 569. The molecular weight excluding hydrogens is 266 g/mol. The molecule has 2 aromatic rings. The fourth-order valence-corrected chi connectivity index (χ4v) is 3.39. The summed E-state index contributed by atoms with van der Waals surface area (Å²) in [5.41, 5.74) is 7.52. The minimum atomic E-state index is 0.331. The van der Waals surface area contributed by atoms with E-state index in [-0.39, 0.29) is 0 Å². The van der Waals surface area contributed by atoms with Crippen LogP contribution in [0.2, 0.25) is 0 Å². The lowest BCUT2D eigenvalue weighted by Gasteiger charge is -2.16. The quantitative estimate of drug-likeness (QED) is 0.877. The first-order valence-electron chi connectivity index (χ1n) is 6.98. The number of hydrogen-bond donors (Lipinski definition) is 2. The lowest BCUT2D eigenvalue weighted by molar-refractivity contribution is 0.474. The van der Waals surface area contributed by atoms with Crippen LogP contribution in [0.25, 0.3) is 0 Å². The van der Waals surface area contributed by atoms with Gasteiger partial charge in [0, 0.05) is 9.79 Å². The van der Waals surface area contributed by atoms with E-state index in [0.29, 0.717) is 5.75 Å². The van der Waals surface area contributed by atoms with Gasteiger partial charge in [0.2, 0.25) is 0 Å². The third-order valence-electron chi connectivity index (χ3n) is 3.37. The van der Waals surface area contributed by atoms with Crippen molar-refractivity contribution in [3.05, 3.63) is 53.6 Å². The number of phenols is 1. The summed E-state index contributed by atoms with van der Waals surface area (Å²) in [6, 6.07) is 14.2. The van der Waals surface area contributed by atoms with Gasteiger partial charge in [-0.15, -0.1) is 0 Å². The molecule has 3 rings (SSSR count). The Hall–Kier alpha value is -1.45. The first-order valence-corrected chi connectivity index (χ1v) is 7.79. The fourth-order valence-electron chi connectivity index (χ4n) is 2.46. The Labute approximate surface area is 125 Å². The highest BCUT2D eigenvalue weighted by Gasteiger charge is 2.09. The maximum absolute atomic E-state index is 9.47. The summed E-state index contributed by atoms with van der Waals surface area (Å²) in [6.07, 6.45) is 5.08. The smallest absolute Gasteiger partial charge is 0.116 e. The number of fused-ring (bicyclic) bond motifs is 1. The van der Waals surface area contributed by atoms with E-state index in [4.69, 9.17) is 0 Å². The van der Waals surface area contributed by atoms with E-state index in [1.165, 1.54) is 48.8 Å². The van der Waals surface area contributed by atoms with Crippen molar-refractivity contribution in [2.24, 2.45) is 5.73 Å². The third kappa shape index (κ3) is 3.78. The maximum Gasteiger partial charge on any atom is 0.116 e. The number of aromatic hydroxyl groups is 1. The number of nitrogens with two attached hydrogens (primary N) is 1. The molecule has 1 aliphatic rings. The van der Waals surface area contributed by atoms with Crippen molar-refractivity contribution in [2.45, 2.75) is 35.5 Å². The van der Waals surface area contributed by atoms with E-state index < -0.39 is 0 Å². The van der Waals surface area contributed by atoms with Gasteiger partial charge in [0.25, 0.3) is 0 Å². The highest BCUT2D eigenvalue weighted by Crippen LogP contribution is 2.32.